The van der Waals surface area contributed by atoms with Gasteiger partial charge in [0, 0.05) is 13.3 Å². The highest BCUT2D eigenvalue weighted by Crippen LogP contribution is 2.00. The van der Waals surface area contributed by atoms with E-state index in [1.54, 1.807) is 0 Å². The number of carbonyl (C=O) groups is 1. The fraction of sp³-hybridized carbons (Fsp3) is 0.600. The first-order chi connectivity index (χ1) is 4.20. The van der Waals surface area contributed by atoms with Gasteiger partial charge in [0.05, 0.1) is 6.54 Å². The van der Waals surface area contributed by atoms with Crippen LogP contribution in [0, 0.1) is 0 Å². The molecule has 0 aromatic rings. The molecule has 1 heterocycles. The molecule has 1 aliphatic rings. The Morgan fingerprint density at radius 3 is 3.11 bits per heavy atom. The summed E-state index contributed by atoms with van der Waals surface area (Å²) in [5.74, 6) is 0. The molecule has 0 fully saturated rings. The van der Waals surface area contributed by atoms with Gasteiger partial charge in [-0.2, -0.15) is 0 Å². The van der Waals surface area contributed by atoms with E-state index in [0.29, 0.717) is 0 Å². The molecule has 4 heteroatoms. The van der Waals surface area contributed by atoms with Gasteiger partial charge in [0.15, 0.2) is 6.17 Å². The van der Waals surface area contributed by atoms with Gasteiger partial charge in [0.2, 0.25) is 0 Å². The number of amides is 2. The Morgan fingerprint density at radius 1 is 2.00 bits per heavy atom. The molecule has 1 aliphatic heterocycles. The summed E-state index contributed by atoms with van der Waals surface area (Å²) in [5.41, 5.74) is 0. The molecule has 2 amide bonds. The van der Waals surface area contributed by atoms with Gasteiger partial charge in [-0.15, -0.1) is 0 Å². The zero-order valence-corrected chi connectivity index (χ0v) is 5.04. The highest BCUT2D eigenvalue weighted by atomic mass is 19.1. The number of hydrogen-bond acceptors (Lipinski definition) is 1. The number of halogens is 1. The molecule has 0 N–H and O–H groups in total. The van der Waals surface area contributed by atoms with E-state index in [1.807, 2.05) is 0 Å². The quantitative estimate of drug-likeness (QED) is 0.469. The minimum Gasteiger partial charge on any atom is -0.323 e. The fourth-order valence-electron chi connectivity index (χ4n) is 0.630. The van der Waals surface area contributed by atoms with Gasteiger partial charge in [0.25, 0.3) is 0 Å². The summed E-state index contributed by atoms with van der Waals surface area (Å²) in [4.78, 5) is 15.0. The first kappa shape index (κ1) is 6.19. The number of rotatable bonds is 0. The van der Waals surface area contributed by atoms with Crippen molar-refractivity contribution >= 4 is 12.2 Å². The number of aliphatic imine (C=N–C) groups is 1. The smallest absolute Gasteiger partial charge is 0.323 e. The van der Waals surface area contributed by atoms with E-state index in [-0.39, 0.29) is 12.6 Å². The zero-order chi connectivity index (χ0) is 6.85. The molecule has 0 saturated heterocycles. The lowest BCUT2D eigenvalue weighted by Gasteiger charge is -2.18. The van der Waals surface area contributed by atoms with Gasteiger partial charge in [-0.25, -0.2) is 14.2 Å². The highest BCUT2D eigenvalue weighted by molar-refractivity contribution is 5.87. The number of carbonyl (C=O) groups excluding carboxylic acids is 1. The molecular formula is C5H7FN2O. The van der Waals surface area contributed by atoms with Crippen molar-refractivity contribution in [2.45, 2.75) is 6.17 Å². The number of hydrogen-bond donors (Lipinski definition) is 0. The van der Waals surface area contributed by atoms with Gasteiger partial charge in [-0.1, -0.05) is 0 Å². The Bertz CT molecular complexity index is 157. The van der Waals surface area contributed by atoms with E-state index in [2.05, 4.69) is 4.99 Å². The van der Waals surface area contributed by atoms with Crippen molar-refractivity contribution in [1.82, 2.24) is 4.90 Å². The summed E-state index contributed by atoms with van der Waals surface area (Å²) in [7, 11) is 1.52. The van der Waals surface area contributed by atoms with Gasteiger partial charge >= 0.3 is 6.03 Å². The van der Waals surface area contributed by atoms with Crippen molar-refractivity contribution in [2.75, 3.05) is 13.6 Å². The van der Waals surface area contributed by atoms with E-state index in [0.717, 1.165) is 6.21 Å². The lowest BCUT2D eigenvalue weighted by molar-refractivity contribution is 0.205. The summed E-state index contributed by atoms with van der Waals surface area (Å²) in [5, 5.41) is 0. The van der Waals surface area contributed by atoms with Crippen LogP contribution < -0.4 is 0 Å². The molecule has 1 atom stereocenters. The van der Waals surface area contributed by atoms with Crippen LogP contribution in [0.2, 0.25) is 0 Å². The summed E-state index contributed by atoms with van der Waals surface area (Å²) in [6.45, 7) is 0.127. The monoisotopic (exact) mass is 130 g/mol. The minimum absolute atomic E-state index is 0.127. The van der Waals surface area contributed by atoms with E-state index in [4.69, 9.17) is 0 Å². The van der Waals surface area contributed by atoms with Crippen LogP contribution in [-0.2, 0) is 0 Å². The third-order valence-electron chi connectivity index (χ3n) is 1.12. The predicted octanol–water partition coefficient (Wildman–Crippen LogP) is 0.461. The molecule has 9 heavy (non-hydrogen) atoms. The Kier molecular flexibility index (Phi) is 1.46. The maximum absolute atomic E-state index is 12.3. The molecule has 1 unspecified atom stereocenters. The second kappa shape index (κ2) is 2.13. The maximum atomic E-state index is 12.3. The molecule has 0 spiro atoms. The number of alkyl halides is 1. The summed E-state index contributed by atoms with van der Waals surface area (Å²) >= 11 is 0. The van der Waals surface area contributed by atoms with E-state index >= 15 is 0 Å². The SMILES string of the molecule is CN1CC(F)C=NC1=O. The summed E-state index contributed by atoms with van der Waals surface area (Å²) < 4.78 is 12.3. The van der Waals surface area contributed by atoms with Crippen LogP contribution in [0.1, 0.15) is 0 Å². The Labute approximate surface area is 52.2 Å². The molecule has 3 nitrogen and oxygen atoms in total. The minimum atomic E-state index is -1.09. The summed E-state index contributed by atoms with van der Waals surface area (Å²) in [6, 6.07) is -0.371. The van der Waals surface area contributed by atoms with Gasteiger partial charge in [0.1, 0.15) is 0 Å². The maximum Gasteiger partial charge on any atom is 0.343 e. The van der Waals surface area contributed by atoms with E-state index < -0.39 is 6.17 Å². The van der Waals surface area contributed by atoms with Crippen LogP contribution >= 0.6 is 0 Å². The first-order valence-corrected chi connectivity index (χ1v) is 2.63. The normalized spacial score (nSPS) is 27.1. The topological polar surface area (TPSA) is 32.7 Å². The zero-order valence-electron chi connectivity index (χ0n) is 5.04. The Balaban J connectivity index is 2.65. The molecule has 0 aromatic carbocycles. The van der Waals surface area contributed by atoms with Gasteiger partial charge < -0.3 is 4.90 Å². The van der Waals surface area contributed by atoms with Crippen LogP contribution in [0.25, 0.3) is 0 Å². The third kappa shape index (κ3) is 1.25. The van der Waals surface area contributed by atoms with Crippen molar-refractivity contribution in [1.29, 1.82) is 0 Å². The van der Waals surface area contributed by atoms with Crippen molar-refractivity contribution < 1.29 is 9.18 Å². The van der Waals surface area contributed by atoms with Crippen LogP contribution in [0.15, 0.2) is 4.99 Å². The standard InChI is InChI=1S/C5H7FN2O/c1-8-3-4(6)2-7-5(8)9/h2,4H,3H2,1H3. The number of urea groups is 1. The first-order valence-electron chi connectivity index (χ1n) is 2.63. The molecule has 0 aromatic heterocycles. The second-order valence-electron chi connectivity index (χ2n) is 1.96. The second-order valence-corrected chi connectivity index (χ2v) is 1.96. The van der Waals surface area contributed by atoms with Crippen molar-refractivity contribution in [3.05, 3.63) is 0 Å². The Hall–Kier alpha value is -0.930. The van der Waals surface area contributed by atoms with Crippen LogP contribution in [0.4, 0.5) is 9.18 Å². The molecule has 0 bridgehead atoms. The van der Waals surface area contributed by atoms with Crippen molar-refractivity contribution in [3.63, 3.8) is 0 Å². The lowest BCUT2D eigenvalue weighted by atomic mass is 10.3. The largest absolute Gasteiger partial charge is 0.343 e. The van der Waals surface area contributed by atoms with Gasteiger partial charge in [-0.3, -0.25) is 0 Å². The lowest BCUT2D eigenvalue weighted by Crippen LogP contribution is -2.35. The molecule has 0 aliphatic carbocycles. The van der Waals surface area contributed by atoms with Crippen LogP contribution in [0.3, 0.4) is 0 Å². The average molecular weight is 130 g/mol. The van der Waals surface area contributed by atoms with Crippen molar-refractivity contribution in [2.24, 2.45) is 4.99 Å². The number of nitrogens with zero attached hydrogens (tertiary/aromatic N) is 2. The van der Waals surface area contributed by atoms with Crippen LogP contribution in [0.5, 0.6) is 0 Å². The highest BCUT2D eigenvalue weighted by Gasteiger charge is 2.16. The fourth-order valence-corrected chi connectivity index (χ4v) is 0.630. The third-order valence-corrected chi connectivity index (χ3v) is 1.12. The Morgan fingerprint density at radius 2 is 2.67 bits per heavy atom. The predicted molar refractivity (Wildman–Crippen MR) is 31.4 cm³/mol. The molecule has 1 rings (SSSR count). The summed E-state index contributed by atoms with van der Waals surface area (Å²) in [6.07, 6.45) is -0.0600. The average Bonchev–Trinajstić information content (AvgIpc) is 1.80. The van der Waals surface area contributed by atoms with Gasteiger partial charge in [-0.05, 0) is 0 Å². The van der Waals surface area contributed by atoms with Crippen LogP contribution in [-0.4, -0.2) is 36.9 Å². The van der Waals surface area contributed by atoms with Crippen molar-refractivity contribution in [3.8, 4) is 0 Å². The van der Waals surface area contributed by atoms with E-state index in [1.165, 1.54) is 11.9 Å². The molecule has 50 valence electrons. The molecule has 0 saturated carbocycles. The van der Waals surface area contributed by atoms with E-state index in [9.17, 15) is 9.18 Å². The molecule has 0 radical (unpaired) electrons. The molecular weight excluding hydrogens is 123 g/mol.